The summed E-state index contributed by atoms with van der Waals surface area (Å²) >= 11 is 0. The van der Waals surface area contributed by atoms with Gasteiger partial charge < -0.3 is 16.2 Å². The van der Waals surface area contributed by atoms with E-state index in [4.69, 9.17) is 10.8 Å². The van der Waals surface area contributed by atoms with Crippen LogP contribution in [0.5, 0.6) is 0 Å². The van der Waals surface area contributed by atoms with Gasteiger partial charge in [-0.15, -0.1) is 0 Å². The average molecular weight is 222 g/mol. The zero-order valence-corrected chi connectivity index (χ0v) is 9.66. The minimum Gasteiger partial charge on any atom is -0.478 e. The van der Waals surface area contributed by atoms with E-state index < -0.39 is 5.97 Å². The molecule has 0 spiro atoms. The van der Waals surface area contributed by atoms with Crippen LogP contribution in [0.4, 0.5) is 11.4 Å². The van der Waals surface area contributed by atoms with Crippen LogP contribution in [-0.2, 0) is 0 Å². The maximum absolute atomic E-state index is 11.0. The zero-order chi connectivity index (χ0) is 12.1. The number of aromatic carboxylic acids is 1. The molecule has 0 aliphatic heterocycles. The monoisotopic (exact) mass is 222 g/mol. The Hall–Kier alpha value is -1.71. The molecule has 0 aliphatic carbocycles. The van der Waals surface area contributed by atoms with E-state index in [1.54, 1.807) is 18.2 Å². The molecule has 4 nitrogen and oxygen atoms in total. The molecule has 88 valence electrons. The summed E-state index contributed by atoms with van der Waals surface area (Å²) in [5.41, 5.74) is 7.03. The molecule has 1 aromatic carbocycles. The second kappa shape index (κ2) is 5.39. The molecule has 0 bridgehead atoms. The Balaban J connectivity index is 3.05. The van der Waals surface area contributed by atoms with Crippen molar-refractivity contribution in [3.8, 4) is 0 Å². The van der Waals surface area contributed by atoms with Crippen molar-refractivity contribution >= 4 is 17.3 Å². The molecule has 0 atom stereocenters. The summed E-state index contributed by atoms with van der Waals surface area (Å²) in [6.45, 7) is 4.11. The van der Waals surface area contributed by atoms with Gasteiger partial charge in [-0.05, 0) is 25.0 Å². The Labute approximate surface area is 95.5 Å². The lowest BCUT2D eigenvalue weighted by Crippen LogP contribution is -2.20. The summed E-state index contributed by atoms with van der Waals surface area (Å²) in [5.74, 6) is -0.958. The normalized spacial score (nSPS) is 10.4. The smallest absolute Gasteiger partial charge is 0.337 e. The van der Waals surface area contributed by atoms with Crippen molar-refractivity contribution in [2.45, 2.75) is 32.7 Å². The summed E-state index contributed by atoms with van der Waals surface area (Å²) in [6.07, 6.45) is 1.87. The van der Waals surface area contributed by atoms with Crippen molar-refractivity contribution in [2.24, 2.45) is 0 Å². The third kappa shape index (κ3) is 2.66. The third-order valence-corrected chi connectivity index (χ3v) is 2.66. The molecule has 0 heterocycles. The first-order valence-electron chi connectivity index (χ1n) is 5.48. The summed E-state index contributed by atoms with van der Waals surface area (Å²) in [7, 11) is 0. The molecule has 4 N–H and O–H groups in total. The van der Waals surface area contributed by atoms with Crippen LogP contribution in [0.2, 0.25) is 0 Å². The van der Waals surface area contributed by atoms with E-state index in [9.17, 15) is 4.79 Å². The van der Waals surface area contributed by atoms with Crippen LogP contribution in [0.3, 0.4) is 0 Å². The largest absolute Gasteiger partial charge is 0.478 e. The highest BCUT2D eigenvalue weighted by atomic mass is 16.4. The van der Waals surface area contributed by atoms with Crippen LogP contribution in [-0.4, -0.2) is 17.1 Å². The Morgan fingerprint density at radius 2 is 2.06 bits per heavy atom. The maximum Gasteiger partial charge on any atom is 0.337 e. The number of carbonyl (C=O) groups is 1. The van der Waals surface area contributed by atoms with Gasteiger partial charge in [-0.25, -0.2) is 4.79 Å². The topological polar surface area (TPSA) is 75.3 Å². The van der Waals surface area contributed by atoms with Gasteiger partial charge in [-0.3, -0.25) is 0 Å². The first kappa shape index (κ1) is 12.4. The number of nitrogen functional groups attached to an aromatic ring is 1. The molecule has 0 aromatic heterocycles. The van der Waals surface area contributed by atoms with Crippen LogP contribution >= 0.6 is 0 Å². The molecule has 0 fully saturated rings. The van der Waals surface area contributed by atoms with Crippen LogP contribution in [0.15, 0.2) is 18.2 Å². The zero-order valence-electron chi connectivity index (χ0n) is 9.66. The highest BCUT2D eigenvalue weighted by Crippen LogP contribution is 2.25. The van der Waals surface area contributed by atoms with Crippen LogP contribution in [0.1, 0.15) is 37.0 Å². The first-order valence-corrected chi connectivity index (χ1v) is 5.48. The third-order valence-electron chi connectivity index (χ3n) is 2.66. The highest BCUT2D eigenvalue weighted by molar-refractivity contribution is 5.97. The molecular formula is C12H18N2O2. The van der Waals surface area contributed by atoms with Crippen molar-refractivity contribution < 1.29 is 9.90 Å². The van der Waals surface area contributed by atoms with Crippen molar-refractivity contribution in [1.29, 1.82) is 0 Å². The van der Waals surface area contributed by atoms with E-state index >= 15 is 0 Å². The minimum atomic E-state index is -0.958. The van der Waals surface area contributed by atoms with Gasteiger partial charge in [0.05, 0.1) is 16.9 Å². The fourth-order valence-electron chi connectivity index (χ4n) is 1.61. The second-order valence-electron chi connectivity index (χ2n) is 3.73. The lowest BCUT2D eigenvalue weighted by atomic mass is 10.1. The summed E-state index contributed by atoms with van der Waals surface area (Å²) in [6, 6.07) is 5.17. The van der Waals surface area contributed by atoms with Crippen LogP contribution < -0.4 is 11.1 Å². The number of hydrogen-bond donors (Lipinski definition) is 3. The second-order valence-corrected chi connectivity index (χ2v) is 3.73. The SMILES string of the molecule is CCC(CC)Nc1c(N)cccc1C(=O)O. The lowest BCUT2D eigenvalue weighted by molar-refractivity contribution is 0.0698. The number of nitrogens with two attached hydrogens (primary N) is 1. The van der Waals surface area contributed by atoms with Gasteiger partial charge in [-0.2, -0.15) is 0 Å². The molecule has 1 aromatic rings. The van der Waals surface area contributed by atoms with Crippen molar-refractivity contribution in [3.05, 3.63) is 23.8 Å². The Morgan fingerprint density at radius 1 is 1.44 bits per heavy atom. The number of anilines is 2. The Morgan fingerprint density at radius 3 is 2.56 bits per heavy atom. The summed E-state index contributed by atoms with van der Waals surface area (Å²) in [4.78, 5) is 11.0. The lowest BCUT2D eigenvalue weighted by Gasteiger charge is -2.19. The molecule has 0 aliphatic rings. The van der Waals surface area contributed by atoms with Crippen LogP contribution in [0, 0.1) is 0 Å². The van der Waals surface area contributed by atoms with Gasteiger partial charge in [0.1, 0.15) is 0 Å². The number of para-hydroxylation sites is 1. The number of carboxylic acids is 1. The fraction of sp³-hybridized carbons (Fsp3) is 0.417. The van der Waals surface area contributed by atoms with E-state index in [1.165, 1.54) is 0 Å². The molecule has 0 radical (unpaired) electrons. The standard InChI is InChI=1S/C12H18N2O2/c1-3-8(4-2)14-11-9(12(15)16)6-5-7-10(11)13/h5-8,14H,3-4,13H2,1-2H3,(H,15,16). The van der Waals surface area contributed by atoms with Crippen molar-refractivity contribution in [1.82, 2.24) is 0 Å². The van der Waals surface area contributed by atoms with E-state index in [0.717, 1.165) is 12.8 Å². The molecule has 0 unspecified atom stereocenters. The van der Waals surface area contributed by atoms with Gasteiger partial charge in [0, 0.05) is 6.04 Å². The van der Waals surface area contributed by atoms with Gasteiger partial charge >= 0.3 is 5.97 Å². The Kier molecular flexibility index (Phi) is 4.17. The number of benzene rings is 1. The van der Waals surface area contributed by atoms with Crippen LogP contribution in [0.25, 0.3) is 0 Å². The quantitative estimate of drug-likeness (QED) is 0.669. The van der Waals surface area contributed by atoms with Gasteiger partial charge in [0.15, 0.2) is 0 Å². The highest BCUT2D eigenvalue weighted by Gasteiger charge is 2.14. The maximum atomic E-state index is 11.0. The van der Waals surface area contributed by atoms with E-state index in [-0.39, 0.29) is 11.6 Å². The number of hydrogen-bond acceptors (Lipinski definition) is 3. The molecule has 1 rings (SSSR count). The van der Waals surface area contributed by atoms with Gasteiger partial charge in [0.25, 0.3) is 0 Å². The predicted molar refractivity (Wildman–Crippen MR) is 65.8 cm³/mol. The number of rotatable bonds is 5. The van der Waals surface area contributed by atoms with Gasteiger partial charge in [0.2, 0.25) is 0 Å². The molecule has 16 heavy (non-hydrogen) atoms. The fourth-order valence-corrected chi connectivity index (χ4v) is 1.61. The predicted octanol–water partition coefficient (Wildman–Crippen LogP) is 2.57. The molecule has 4 heteroatoms. The minimum absolute atomic E-state index is 0.229. The van der Waals surface area contributed by atoms with Crippen molar-refractivity contribution in [3.63, 3.8) is 0 Å². The van der Waals surface area contributed by atoms with Crippen molar-refractivity contribution in [2.75, 3.05) is 11.1 Å². The molecular weight excluding hydrogens is 204 g/mol. The van der Waals surface area contributed by atoms with Gasteiger partial charge in [-0.1, -0.05) is 19.9 Å². The van der Waals surface area contributed by atoms with E-state index in [2.05, 4.69) is 19.2 Å². The van der Waals surface area contributed by atoms with E-state index in [1.807, 2.05) is 0 Å². The molecule has 0 amide bonds. The average Bonchev–Trinajstić information content (AvgIpc) is 2.27. The Bertz CT molecular complexity index is 373. The number of nitrogens with one attached hydrogen (secondary N) is 1. The first-order chi connectivity index (χ1) is 7.60. The summed E-state index contributed by atoms with van der Waals surface area (Å²) in [5, 5.41) is 12.2. The molecule has 0 saturated heterocycles. The molecule has 0 saturated carbocycles. The summed E-state index contributed by atoms with van der Waals surface area (Å²) < 4.78 is 0. The number of carboxylic acid groups (broad SMARTS) is 1. The van der Waals surface area contributed by atoms with E-state index in [0.29, 0.717) is 11.4 Å².